The number of benzene rings is 2. The maximum Gasteiger partial charge on any atom is 0.270 e. The number of hydrogen-bond acceptors (Lipinski definition) is 4. The number of thioether (sulfide) groups is 1. The minimum atomic E-state index is -0.204. The van der Waals surface area contributed by atoms with Crippen LogP contribution in [-0.4, -0.2) is 34.2 Å². The van der Waals surface area contributed by atoms with Crippen LogP contribution in [0, 0.1) is 0 Å². The number of hydrogen-bond donors (Lipinski definition) is 2. The number of para-hydroxylation sites is 1. The van der Waals surface area contributed by atoms with Crippen molar-refractivity contribution < 1.29 is 9.59 Å². The van der Waals surface area contributed by atoms with Crippen LogP contribution in [0.2, 0.25) is 0 Å². The fraction of sp³-hybridized carbons (Fsp3) is 0.190. The van der Waals surface area contributed by atoms with Crippen molar-refractivity contribution in [2.45, 2.75) is 18.6 Å². The Bertz CT molecular complexity index is 952. The largest absolute Gasteiger partial charge is 0.352 e. The van der Waals surface area contributed by atoms with Gasteiger partial charge in [-0.15, -0.1) is 0 Å². The van der Waals surface area contributed by atoms with Gasteiger partial charge in [0, 0.05) is 24.3 Å². The zero-order valence-electron chi connectivity index (χ0n) is 15.8. The number of aromatic nitrogens is 2. The summed E-state index contributed by atoms with van der Waals surface area (Å²) in [5.41, 5.74) is 2.89. The Morgan fingerprint density at radius 3 is 2.36 bits per heavy atom. The molecule has 0 aliphatic carbocycles. The Hall–Kier alpha value is -3.06. The molecule has 6 nitrogen and oxygen atoms in total. The summed E-state index contributed by atoms with van der Waals surface area (Å²) in [5, 5.41) is 6.44. The molecule has 0 atom stereocenters. The molecular formula is C21H22N4O2S. The Kier molecular flexibility index (Phi) is 6.49. The normalized spacial score (nSPS) is 10.5. The molecule has 7 heteroatoms. The fourth-order valence-electron chi connectivity index (χ4n) is 2.78. The molecule has 1 aromatic heterocycles. The minimum absolute atomic E-state index is 0.102. The van der Waals surface area contributed by atoms with E-state index in [-0.39, 0.29) is 11.8 Å². The van der Waals surface area contributed by atoms with Crippen LogP contribution in [0.15, 0.2) is 66.0 Å². The first-order valence-electron chi connectivity index (χ1n) is 8.96. The molecule has 2 N–H and O–H groups in total. The molecule has 0 radical (unpaired) electrons. The van der Waals surface area contributed by atoms with Gasteiger partial charge in [0.25, 0.3) is 11.8 Å². The number of carbonyl (C=O) groups excluding carboxylic acids is 2. The van der Waals surface area contributed by atoms with Gasteiger partial charge in [-0.05, 0) is 43.0 Å². The molecule has 2 aromatic carbocycles. The molecule has 0 saturated heterocycles. The summed E-state index contributed by atoms with van der Waals surface area (Å²) in [7, 11) is 0. The molecule has 0 aliphatic rings. The van der Waals surface area contributed by atoms with Gasteiger partial charge in [0.05, 0.1) is 6.20 Å². The first-order valence-corrected chi connectivity index (χ1v) is 10.2. The highest BCUT2D eigenvalue weighted by Gasteiger charge is 2.17. The Morgan fingerprint density at radius 2 is 1.71 bits per heavy atom. The number of nitrogens with zero attached hydrogens (tertiary/aromatic N) is 2. The third kappa shape index (κ3) is 4.43. The molecule has 144 valence electrons. The molecule has 0 spiro atoms. The van der Waals surface area contributed by atoms with Crippen molar-refractivity contribution >= 4 is 23.6 Å². The predicted octanol–water partition coefficient (Wildman–Crippen LogP) is 3.27. The van der Waals surface area contributed by atoms with Crippen LogP contribution in [0.4, 0.5) is 0 Å². The average molecular weight is 395 g/mol. The molecule has 0 fully saturated rings. The molecule has 0 bridgehead atoms. The Morgan fingerprint density at radius 1 is 1.00 bits per heavy atom. The van der Waals surface area contributed by atoms with E-state index in [9.17, 15) is 9.59 Å². The van der Waals surface area contributed by atoms with E-state index in [4.69, 9.17) is 0 Å². The second-order valence-corrected chi connectivity index (χ2v) is 6.81. The number of amides is 2. The van der Waals surface area contributed by atoms with Crippen LogP contribution in [0.1, 0.15) is 33.3 Å². The summed E-state index contributed by atoms with van der Waals surface area (Å²) < 4.78 is 1.85. The number of rotatable bonds is 7. The number of nitrogens with one attached hydrogen (secondary N) is 2. The van der Waals surface area contributed by atoms with E-state index in [1.54, 1.807) is 18.3 Å². The highest BCUT2D eigenvalue weighted by atomic mass is 32.2. The summed E-state index contributed by atoms with van der Waals surface area (Å²) in [6.07, 6.45) is 3.52. The van der Waals surface area contributed by atoms with Gasteiger partial charge in [0.15, 0.2) is 5.16 Å². The molecule has 0 unspecified atom stereocenters. The molecule has 28 heavy (non-hydrogen) atoms. The lowest BCUT2D eigenvalue weighted by Crippen LogP contribution is -2.25. The highest BCUT2D eigenvalue weighted by molar-refractivity contribution is 7.98. The van der Waals surface area contributed by atoms with Gasteiger partial charge in [-0.25, -0.2) is 4.98 Å². The number of carbonyl (C=O) groups is 2. The van der Waals surface area contributed by atoms with Gasteiger partial charge in [0.2, 0.25) is 0 Å². The zero-order valence-corrected chi connectivity index (χ0v) is 16.6. The van der Waals surface area contributed by atoms with Gasteiger partial charge in [-0.1, -0.05) is 42.1 Å². The molecular weight excluding hydrogens is 372 g/mol. The minimum Gasteiger partial charge on any atom is -0.352 e. The van der Waals surface area contributed by atoms with Crippen molar-refractivity contribution in [1.29, 1.82) is 0 Å². The van der Waals surface area contributed by atoms with Crippen LogP contribution in [0.25, 0.3) is 5.69 Å². The van der Waals surface area contributed by atoms with Crippen molar-refractivity contribution in [2.24, 2.45) is 0 Å². The highest BCUT2D eigenvalue weighted by Crippen LogP contribution is 2.21. The third-order valence-electron chi connectivity index (χ3n) is 4.17. The lowest BCUT2D eigenvalue weighted by atomic mass is 10.1. The van der Waals surface area contributed by atoms with E-state index in [0.29, 0.717) is 24.3 Å². The average Bonchev–Trinajstić information content (AvgIpc) is 3.17. The standard InChI is InChI=1S/C21H22N4O2S/c1-3-22-19(26)16-11-9-15(10-12-16)13-23-20(27)18-14-24-21(28-2)25(18)17-7-5-4-6-8-17/h4-12,14H,3,13H2,1-2H3,(H,22,26)(H,23,27). The first-order chi connectivity index (χ1) is 13.6. The van der Waals surface area contributed by atoms with Crippen molar-refractivity contribution in [2.75, 3.05) is 12.8 Å². The van der Waals surface area contributed by atoms with E-state index >= 15 is 0 Å². The summed E-state index contributed by atoms with van der Waals surface area (Å²) >= 11 is 1.49. The summed E-state index contributed by atoms with van der Waals surface area (Å²) in [5.74, 6) is -0.307. The summed E-state index contributed by atoms with van der Waals surface area (Å²) in [6, 6.07) is 16.9. The Labute approximate surface area is 168 Å². The Balaban J connectivity index is 1.72. The van der Waals surface area contributed by atoms with E-state index in [0.717, 1.165) is 16.4 Å². The second-order valence-electron chi connectivity index (χ2n) is 6.04. The van der Waals surface area contributed by atoms with Crippen molar-refractivity contribution in [3.63, 3.8) is 0 Å². The number of imidazole rings is 1. The molecule has 1 heterocycles. The lowest BCUT2D eigenvalue weighted by Gasteiger charge is -2.11. The quantitative estimate of drug-likeness (QED) is 0.603. The lowest BCUT2D eigenvalue weighted by molar-refractivity contribution is 0.0938. The van der Waals surface area contributed by atoms with Crippen LogP contribution in [-0.2, 0) is 6.54 Å². The van der Waals surface area contributed by atoms with Crippen LogP contribution in [0.5, 0.6) is 0 Å². The van der Waals surface area contributed by atoms with Crippen LogP contribution >= 0.6 is 11.8 Å². The molecule has 2 amide bonds. The van der Waals surface area contributed by atoms with E-state index in [1.165, 1.54) is 11.8 Å². The zero-order chi connectivity index (χ0) is 19.9. The van der Waals surface area contributed by atoms with Crippen molar-refractivity contribution in [1.82, 2.24) is 20.2 Å². The molecule has 3 rings (SSSR count). The molecule has 0 saturated carbocycles. The maximum atomic E-state index is 12.8. The SMILES string of the molecule is CCNC(=O)c1ccc(CNC(=O)c2cnc(SC)n2-c2ccccc2)cc1. The van der Waals surface area contributed by atoms with Crippen molar-refractivity contribution in [3.05, 3.63) is 77.6 Å². The fourth-order valence-corrected chi connectivity index (χ4v) is 3.32. The summed E-state index contributed by atoms with van der Waals surface area (Å²) in [4.78, 5) is 28.9. The third-order valence-corrected chi connectivity index (χ3v) is 4.82. The topological polar surface area (TPSA) is 76.0 Å². The predicted molar refractivity (Wildman–Crippen MR) is 111 cm³/mol. The van der Waals surface area contributed by atoms with E-state index in [1.807, 2.05) is 60.2 Å². The first kappa shape index (κ1) is 19.7. The van der Waals surface area contributed by atoms with Crippen LogP contribution in [0.3, 0.4) is 0 Å². The van der Waals surface area contributed by atoms with Gasteiger partial charge in [-0.2, -0.15) is 0 Å². The van der Waals surface area contributed by atoms with E-state index < -0.39 is 0 Å². The molecule has 0 aliphatic heterocycles. The maximum absolute atomic E-state index is 12.8. The monoisotopic (exact) mass is 394 g/mol. The van der Waals surface area contributed by atoms with Crippen LogP contribution < -0.4 is 10.6 Å². The van der Waals surface area contributed by atoms with Crippen molar-refractivity contribution in [3.8, 4) is 5.69 Å². The van der Waals surface area contributed by atoms with E-state index in [2.05, 4.69) is 15.6 Å². The summed E-state index contributed by atoms with van der Waals surface area (Å²) in [6.45, 7) is 2.83. The van der Waals surface area contributed by atoms with Gasteiger partial charge in [0.1, 0.15) is 5.69 Å². The smallest absolute Gasteiger partial charge is 0.270 e. The van der Waals surface area contributed by atoms with Gasteiger partial charge < -0.3 is 10.6 Å². The second kappa shape index (κ2) is 9.23. The van der Waals surface area contributed by atoms with Gasteiger partial charge >= 0.3 is 0 Å². The molecule has 3 aromatic rings. The van der Waals surface area contributed by atoms with Gasteiger partial charge in [-0.3, -0.25) is 14.2 Å².